The third kappa shape index (κ3) is 1.61. The molecule has 0 fully saturated rings. The molecular formula is C14H14N4. The standard InChI is InChI=1S/C14H14N4/c1-3-4-6-11-9(2)10-7-5-8-12(10)14-17-15-13(11)16-18-14/h3-10H,1-2H3/b4-3-,11-6+. The zero-order chi connectivity index (χ0) is 12.5. The van der Waals surface area contributed by atoms with E-state index >= 15 is 0 Å². The van der Waals surface area contributed by atoms with Crippen molar-refractivity contribution in [3.63, 3.8) is 0 Å². The van der Waals surface area contributed by atoms with Crippen molar-refractivity contribution in [2.75, 3.05) is 0 Å². The predicted molar refractivity (Wildman–Crippen MR) is 70.2 cm³/mol. The average molecular weight is 238 g/mol. The summed E-state index contributed by atoms with van der Waals surface area (Å²) in [5, 5.41) is 16.7. The number of allylic oxidation sites excluding steroid dienone is 8. The molecule has 1 aliphatic carbocycles. The molecule has 90 valence electrons. The fourth-order valence-electron chi connectivity index (χ4n) is 2.44. The van der Waals surface area contributed by atoms with Crippen molar-refractivity contribution in [1.82, 2.24) is 20.4 Å². The Kier molecular flexibility index (Phi) is 2.63. The van der Waals surface area contributed by atoms with E-state index in [4.69, 9.17) is 0 Å². The van der Waals surface area contributed by atoms with E-state index in [-0.39, 0.29) is 0 Å². The molecule has 4 heteroatoms. The molecule has 18 heavy (non-hydrogen) atoms. The van der Waals surface area contributed by atoms with Gasteiger partial charge in [0.15, 0.2) is 11.6 Å². The Bertz CT molecular complexity index is 578. The molecule has 2 aliphatic heterocycles. The van der Waals surface area contributed by atoms with Crippen LogP contribution in [0.4, 0.5) is 0 Å². The molecule has 0 aromatic carbocycles. The molecule has 4 rings (SSSR count). The van der Waals surface area contributed by atoms with Crippen molar-refractivity contribution in [2.24, 2.45) is 11.8 Å². The normalized spacial score (nSPS) is 27.4. The highest BCUT2D eigenvalue weighted by Gasteiger charge is 2.31. The molecule has 2 atom stereocenters. The van der Waals surface area contributed by atoms with Crippen molar-refractivity contribution < 1.29 is 0 Å². The minimum atomic E-state index is 0.324. The van der Waals surface area contributed by atoms with Crippen LogP contribution < -0.4 is 0 Å². The predicted octanol–water partition coefficient (Wildman–Crippen LogP) is 2.45. The van der Waals surface area contributed by atoms with Crippen LogP contribution in [0.3, 0.4) is 0 Å². The first-order chi connectivity index (χ1) is 8.81. The van der Waals surface area contributed by atoms with Crippen molar-refractivity contribution >= 4 is 11.1 Å². The van der Waals surface area contributed by atoms with E-state index in [1.54, 1.807) is 0 Å². The van der Waals surface area contributed by atoms with E-state index < -0.39 is 0 Å². The van der Waals surface area contributed by atoms with Gasteiger partial charge in [-0.3, -0.25) is 0 Å². The zero-order valence-corrected chi connectivity index (χ0v) is 10.4. The Balaban J connectivity index is 2.18. The number of aromatic nitrogens is 4. The Hall–Kier alpha value is -2.10. The summed E-state index contributed by atoms with van der Waals surface area (Å²) >= 11 is 0. The van der Waals surface area contributed by atoms with Crippen LogP contribution in [0.2, 0.25) is 0 Å². The number of fused-ring (bicyclic) bond motifs is 3. The number of nitrogens with zero attached hydrogens (tertiary/aromatic N) is 4. The first-order valence-corrected chi connectivity index (χ1v) is 6.10. The lowest BCUT2D eigenvalue weighted by atomic mass is 9.82. The van der Waals surface area contributed by atoms with Gasteiger partial charge in [-0.2, -0.15) is 0 Å². The first-order valence-electron chi connectivity index (χ1n) is 6.10. The van der Waals surface area contributed by atoms with E-state index in [0.29, 0.717) is 23.5 Å². The van der Waals surface area contributed by atoms with Crippen LogP contribution in [-0.4, -0.2) is 20.4 Å². The molecule has 1 aromatic heterocycles. The van der Waals surface area contributed by atoms with Gasteiger partial charge in [-0.15, -0.1) is 20.4 Å². The van der Waals surface area contributed by atoms with Gasteiger partial charge in [-0.05, 0) is 12.8 Å². The molecule has 0 spiro atoms. The van der Waals surface area contributed by atoms with Gasteiger partial charge >= 0.3 is 0 Å². The third-order valence-corrected chi connectivity index (χ3v) is 3.45. The summed E-state index contributed by atoms with van der Waals surface area (Å²) in [6.45, 7) is 4.19. The lowest BCUT2D eigenvalue weighted by Crippen LogP contribution is -2.20. The van der Waals surface area contributed by atoms with Gasteiger partial charge in [0.2, 0.25) is 0 Å². The Labute approximate surface area is 106 Å². The quantitative estimate of drug-likeness (QED) is 0.754. The van der Waals surface area contributed by atoms with Crippen molar-refractivity contribution in [2.45, 2.75) is 13.8 Å². The Morgan fingerprint density at radius 2 is 1.83 bits per heavy atom. The molecule has 3 heterocycles. The molecule has 0 radical (unpaired) electrons. The van der Waals surface area contributed by atoms with Gasteiger partial charge in [0.1, 0.15) is 0 Å². The molecule has 2 unspecified atom stereocenters. The second-order valence-corrected chi connectivity index (χ2v) is 4.52. The topological polar surface area (TPSA) is 51.6 Å². The van der Waals surface area contributed by atoms with E-state index in [2.05, 4.69) is 51.6 Å². The van der Waals surface area contributed by atoms with Crippen LogP contribution in [0.15, 0.2) is 36.5 Å². The second-order valence-electron chi connectivity index (χ2n) is 4.52. The molecular weight excluding hydrogens is 224 g/mol. The van der Waals surface area contributed by atoms with Crippen LogP contribution >= 0.6 is 0 Å². The minimum absolute atomic E-state index is 0.324. The summed E-state index contributed by atoms with van der Waals surface area (Å²) in [6.07, 6.45) is 12.4. The maximum atomic E-state index is 4.17. The van der Waals surface area contributed by atoms with Gasteiger partial charge in [-0.25, -0.2) is 0 Å². The fourth-order valence-corrected chi connectivity index (χ4v) is 2.44. The molecule has 1 aromatic rings. The monoisotopic (exact) mass is 238 g/mol. The molecule has 2 bridgehead atoms. The molecule has 0 saturated heterocycles. The van der Waals surface area contributed by atoms with Crippen molar-refractivity contribution in [3.8, 4) is 0 Å². The van der Waals surface area contributed by atoms with Gasteiger partial charge in [0, 0.05) is 17.1 Å². The minimum Gasteiger partial charge on any atom is -0.126 e. The molecule has 4 nitrogen and oxygen atoms in total. The Morgan fingerprint density at radius 3 is 2.56 bits per heavy atom. The van der Waals surface area contributed by atoms with Crippen LogP contribution in [0.25, 0.3) is 11.1 Å². The van der Waals surface area contributed by atoms with Gasteiger partial charge in [-0.1, -0.05) is 43.4 Å². The highest BCUT2D eigenvalue weighted by atomic mass is 15.3. The summed E-state index contributed by atoms with van der Waals surface area (Å²) in [4.78, 5) is 0. The van der Waals surface area contributed by atoms with E-state index in [9.17, 15) is 0 Å². The molecule has 3 aliphatic rings. The maximum Gasteiger partial charge on any atom is 0.200 e. The van der Waals surface area contributed by atoms with Crippen molar-refractivity contribution in [1.29, 1.82) is 0 Å². The average Bonchev–Trinajstić information content (AvgIpc) is 2.87. The number of rotatable bonds is 1. The summed E-state index contributed by atoms with van der Waals surface area (Å²) in [5.41, 5.74) is 2.20. The number of hydrogen-bond acceptors (Lipinski definition) is 4. The highest BCUT2D eigenvalue weighted by Crippen LogP contribution is 2.39. The second kappa shape index (κ2) is 4.29. The van der Waals surface area contributed by atoms with Crippen LogP contribution in [-0.2, 0) is 0 Å². The fraction of sp³-hybridized carbons (Fsp3) is 0.286. The lowest BCUT2D eigenvalue weighted by molar-refractivity contribution is 0.613. The Morgan fingerprint density at radius 1 is 1.11 bits per heavy atom. The largest absolute Gasteiger partial charge is 0.200 e. The molecule has 0 N–H and O–H groups in total. The van der Waals surface area contributed by atoms with Crippen molar-refractivity contribution in [3.05, 3.63) is 48.1 Å². The van der Waals surface area contributed by atoms with E-state index in [0.717, 1.165) is 11.1 Å². The van der Waals surface area contributed by atoms with Crippen LogP contribution in [0, 0.1) is 11.8 Å². The van der Waals surface area contributed by atoms with Gasteiger partial charge in [0.25, 0.3) is 0 Å². The van der Waals surface area contributed by atoms with Gasteiger partial charge < -0.3 is 0 Å². The molecule has 0 saturated carbocycles. The maximum absolute atomic E-state index is 4.17. The zero-order valence-electron chi connectivity index (χ0n) is 10.4. The van der Waals surface area contributed by atoms with Crippen LogP contribution in [0.5, 0.6) is 0 Å². The third-order valence-electron chi connectivity index (χ3n) is 3.45. The van der Waals surface area contributed by atoms with Crippen LogP contribution in [0.1, 0.15) is 25.5 Å². The summed E-state index contributed by atoms with van der Waals surface area (Å²) in [6, 6.07) is 0. The van der Waals surface area contributed by atoms with E-state index in [1.807, 2.05) is 19.1 Å². The first kappa shape index (κ1) is 11.0. The van der Waals surface area contributed by atoms with E-state index in [1.165, 1.54) is 0 Å². The summed E-state index contributed by atoms with van der Waals surface area (Å²) in [7, 11) is 0. The summed E-state index contributed by atoms with van der Waals surface area (Å²) in [5.74, 6) is 1.93. The number of hydrogen-bond donors (Lipinski definition) is 0. The molecule has 0 amide bonds. The smallest absolute Gasteiger partial charge is 0.126 e. The lowest BCUT2D eigenvalue weighted by Gasteiger charge is -2.24. The van der Waals surface area contributed by atoms with Gasteiger partial charge in [0.05, 0.1) is 0 Å². The highest BCUT2D eigenvalue weighted by molar-refractivity contribution is 5.75. The SMILES string of the molecule is C/C=C\C=C1\c2nnc(nn2)C2=CC=CC2C1C. The summed E-state index contributed by atoms with van der Waals surface area (Å²) < 4.78 is 0.